The molecule has 20 heavy (non-hydrogen) atoms. The van der Waals surface area contributed by atoms with E-state index in [2.05, 4.69) is 44.6 Å². The lowest BCUT2D eigenvalue weighted by molar-refractivity contribution is 0.480. The lowest BCUT2D eigenvalue weighted by atomic mass is 10.0. The molecule has 0 aliphatic carbocycles. The van der Waals surface area contributed by atoms with Crippen LogP contribution in [-0.2, 0) is 13.5 Å². The molecule has 2 N–H and O–H groups in total. The Hall–Kier alpha value is -1.03. The van der Waals surface area contributed by atoms with E-state index >= 15 is 0 Å². The minimum absolute atomic E-state index is 0.170. The van der Waals surface area contributed by atoms with Crippen LogP contribution in [-0.4, -0.2) is 28.9 Å². The van der Waals surface area contributed by atoms with Gasteiger partial charge in [0.2, 0.25) is 0 Å². The van der Waals surface area contributed by atoms with Crippen molar-refractivity contribution < 1.29 is 0 Å². The molecule has 116 valence electrons. The van der Waals surface area contributed by atoms with Crippen LogP contribution < -0.4 is 10.6 Å². The Morgan fingerprint density at radius 1 is 1.25 bits per heavy atom. The molecule has 1 heterocycles. The van der Waals surface area contributed by atoms with E-state index in [0.29, 0.717) is 0 Å². The maximum absolute atomic E-state index is 6.01. The van der Waals surface area contributed by atoms with Crippen molar-refractivity contribution in [3.8, 4) is 0 Å². The molecule has 0 radical (unpaired) electrons. The van der Waals surface area contributed by atoms with Crippen molar-refractivity contribution in [2.24, 2.45) is 18.7 Å². The van der Waals surface area contributed by atoms with Gasteiger partial charge in [0.05, 0.1) is 5.69 Å². The van der Waals surface area contributed by atoms with Crippen LogP contribution in [0.5, 0.6) is 0 Å². The molecule has 1 rings (SSSR count). The summed E-state index contributed by atoms with van der Waals surface area (Å²) in [6.07, 6.45) is 3.35. The maximum Gasteiger partial charge on any atom is 0.130 e. The van der Waals surface area contributed by atoms with Gasteiger partial charge in [0, 0.05) is 31.7 Å². The highest BCUT2D eigenvalue weighted by Gasteiger charge is 2.21. The summed E-state index contributed by atoms with van der Waals surface area (Å²) in [5, 5.41) is 4.61. The Balaban J connectivity index is 3.07. The van der Waals surface area contributed by atoms with Crippen molar-refractivity contribution >= 4 is 5.82 Å². The summed E-state index contributed by atoms with van der Waals surface area (Å²) in [6, 6.07) is 0.170. The normalized spacial score (nSPS) is 13.0. The summed E-state index contributed by atoms with van der Waals surface area (Å²) in [5.41, 5.74) is 8.44. The first kappa shape index (κ1) is 17.0. The molecule has 1 atom stereocenters. The minimum atomic E-state index is 0.170. The van der Waals surface area contributed by atoms with Gasteiger partial charge in [-0.05, 0) is 33.1 Å². The van der Waals surface area contributed by atoms with Gasteiger partial charge in [-0.25, -0.2) is 0 Å². The number of rotatable bonds is 8. The summed E-state index contributed by atoms with van der Waals surface area (Å²) in [7, 11) is 2.04. The fraction of sp³-hybridized carbons (Fsp3) is 0.812. The van der Waals surface area contributed by atoms with Crippen LogP contribution in [0.3, 0.4) is 0 Å². The average Bonchev–Trinajstić information content (AvgIpc) is 2.66. The van der Waals surface area contributed by atoms with E-state index < -0.39 is 0 Å². The van der Waals surface area contributed by atoms with Crippen molar-refractivity contribution in [2.45, 2.75) is 59.9 Å². The van der Waals surface area contributed by atoms with Gasteiger partial charge in [-0.15, -0.1) is 0 Å². The second-order valence-corrected chi connectivity index (χ2v) is 5.91. The van der Waals surface area contributed by atoms with E-state index in [4.69, 9.17) is 5.73 Å². The zero-order valence-electron chi connectivity index (χ0n) is 14.1. The van der Waals surface area contributed by atoms with E-state index in [1.807, 2.05) is 11.7 Å². The molecule has 0 saturated heterocycles. The van der Waals surface area contributed by atoms with Crippen LogP contribution in [0.15, 0.2) is 0 Å². The fourth-order valence-electron chi connectivity index (χ4n) is 2.87. The molecule has 4 heteroatoms. The molecule has 0 aliphatic rings. The highest BCUT2D eigenvalue weighted by atomic mass is 15.4. The zero-order chi connectivity index (χ0) is 15.3. The zero-order valence-corrected chi connectivity index (χ0v) is 14.1. The van der Waals surface area contributed by atoms with Crippen molar-refractivity contribution in [3.05, 3.63) is 11.3 Å². The molecule has 0 saturated carbocycles. The van der Waals surface area contributed by atoms with Crippen molar-refractivity contribution in [1.29, 1.82) is 0 Å². The molecule has 1 aromatic heterocycles. The molecule has 4 nitrogen and oxygen atoms in total. The second-order valence-electron chi connectivity index (χ2n) is 5.91. The third-order valence-corrected chi connectivity index (χ3v) is 4.15. The molecule has 0 amide bonds. The molecule has 1 aromatic rings. The Morgan fingerprint density at radius 2 is 1.85 bits per heavy atom. The number of aryl methyl sites for hydroxylation is 2. The first-order chi connectivity index (χ1) is 9.44. The third kappa shape index (κ3) is 3.98. The predicted molar refractivity (Wildman–Crippen MR) is 87.3 cm³/mol. The van der Waals surface area contributed by atoms with E-state index in [-0.39, 0.29) is 6.04 Å². The van der Waals surface area contributed by atoms with Crippen LogP contribution in [0.4, 0.5) is 5.82 Å². The summed E-state index contributed by atoms with van der Waals surface area (Å²) >= 11 is 0. The third-order valence-electron chi connectivity index (χ3n) is 4.15. The molecule has 0 aliphatic heterocycles. The molecule has 0 bridgehead atoms. The van der Waals surface area contributed by atoms with E-state index in [9.17, 15) is 0 Å². The predicted octanol–water partition coefficient (Wildman–Crippen LogP) is 2.88. The molecule has 0 fully saturated rings. The number of nitrogens with zero attached hydrogens (tertiary/aromatic N) is 3. The second kappa shape index (κ2) is 7.67. The lowest BCUT2D eigenvalue weighted by Crippen LogP contribution is -2.32. The Labute approximate surface area is 124 Å². The number of aromatic nitrogens is 2. The van der Waals surface area contributed by atoms with E-state index in [0.717, 1.165) is 31.1 Å². The maximum atomic E-state index is 6.01. The monoisotopic (exact) mass is 280 g/mol. The number of anilines is 1. The Kier molecular flexibility index (Phi) is 6.53. The largest absolute Gasteiger partial charge is 0.357 e. The topological polar surface area (TPSA) is 47.1 Å². The van der Waals surface area contributed by atoms with Crippen LogP contribution in [0.1, 0.15) is 51.8 Å². The number of nitrogens with two attached hydrogens (primary N) is 1. The van der Waals surface area contributed by atoms with Crippen LogP contribution >= 0.6 is 0 Å². The minimum Gasteiger partial charge on any atom is -0.357 e. The van der Waals surface area contributed by atoms with Gasteiger partial charge in [-0.1, -0.05) is 26.7 Å². The fourth-order valence-corrected chi connectivity index (χ4v) is 2.87. The van der Waals surface area contributed by atoms with Gasteiger partial charge in [-0.3, -0.25) is 4.68 Å². The average molecular weight is 280 g/mol. The summed E-state index contributed by atoms with van der Waals surface area (Å²) < 4.78 is 2.03. The SMILES string of the molecule is CCC(CC)CN(CC)c1c(CC(C)N)c(C)nn1C. The Morgan fingerprint density at radius 3 is 2.30 bits per heavy atom. The standard InChI is InChI=1S/C16H32N4/c1-7-14(8-2)11-20(9-3)16-15(10-12(4)17)13(5)18-19(16)6/h12,14H,7-11,17H2,1-6H3. The van der Waals surface area contributed by atoms with Gasteiger partial charge < -0.3 is 10.6 Å². The van der Waals surface area contributed by atoms with Gasteiger partial charge in [-0.2, -0.15) is 5.10 Å². The highest BCUT2D eigenvalue weighted by Crippen LogP contribution is 2.26. The van der Waals surface area contributed by atoms with Crippen LogP contribution in [0.2, 0.25) is 0 Å². The quantitative estimate of drug-likeness (QED) is 0.796. The first-order valence-electron chi connectivity index (χ1n) is 7.97. The smallest absolute Gasteiger partial charge is 0.130 e. The summed E-state index contributed by atoms with van der Waals surface area (Å²) in [5.74, 6) is 2.00. The summed E-state index contributed by atoms with van der Waals surface area (Å²) in [6.45, 7) is 13.1. The van der Waals surface area contributed by atoms with Gasteiger partial charge in [0.15, 0.2) is 0 Å². The Bertz CT molecular complexity index is 405. The van der Waals surface area contributed by atoms with E-state index in [1.54, 1.807) is 0 Å². The molecule has 1 unspecified atom stereocenters. The van der Waals surface area contributed by atoms with Gasteiger partial charge in [0.25, 0.3) is 0 Å². The molecular weight excluding hydrogens is 248 g/mol. The van der Waals surface area contributed by atoms with E-state index in [1.165, 1.54) is 24.2 Å². The van der Waals surface area contributed by atoms with Gasteiger partial charge >= 0.3 is 0 Å². The molecular formula is C16H32N4. The van der Waals surface area contributed by atoms with Crippen LogP contribution in [0, 0.1) is 12.8 Å². The molecule has 0 aromatic carbocycles. The van der Waals surface area contributed by atoms with Gasteiger partial charge in [0.1, 0.15) is 5.82 Å². The highest BCUT2D eigenvalue weighted by molar-refractivity contribution is 5.50. The molecule has 0 spiro atoms. The first-order valence-corrected chi connectivity index (χ1v) is 7.97. The number of hydrogen-bond donors (Lipinski definition) is 1. The summed E-state index contributed by atoms with van der Waals surface area (Å²) in [4.78, 5) is 2.47. The van der Waals surface area contributed by atoms with Crippen molar-refractivity contribution in [3.63, 3.8) is 0 Å². The van der Waals surface area contributed by atoms with Crippen molar-refractivity contribution in [2.75, 3.05) is 18.0 Å². The van der Waals surface area contributed by atoms with Crippen molar-refractivity contribution in [1.82, 2.24) is 9.78 Å². The van der Waals surface area contributed by atoms with Crippen LogP contribution in [0.25, 0.3) is 0 Å². The number of hydrogen-bond acceptors (Lipinski definition) is 3. The lowest BCUT2D eigenvalue weighted by Gasteiger charge is -2.28.